The van der Waals surface area contributed by atoms with Gasteiger partial charge in [0.1, 0.15) is 5.25 Å². The molecule has 0 aliphatic heterocycles. The van der Waals surface area contributed by atoms with Gasteiger partial charge in [-0.05, 0) is 11.7 Å². The summed E-state index contributed by atoms with van der Waals surface area (Å²) in [5.74, 6) is -0.437. The van der Waals surface area contributed by atoms with Crippen LogP contribution in [0.1, 0.15) is 34.1 Å². The summed E-state index contributed by atoms with van der Waals surface area (Å²) in [6.07, 6.45) is -1.64. The summed E-state index contributed by atoms with van der Waals surface area (Å²) in [5.41, 5.74) is 0. The normalized spacial score (nSPS) is 13.4. The second-order valence-corrected chi connectivity index (χ2v) is 5.99. The quantitative estimate of drug-likeness (QED) is 0.493. The first-order valence-electron chi connectivity index (χ1n) is 6.74. The Morgan fingerprint density at radius 3 is 2.29 bits per heavy atom. The van der Waals surface area contributed by atoms with Gasteiger partial charge in [0.05, 0.1) is 0 Å². The number of nitrogens with one attached hydrogen (secondary N) is 1. The van der Waals surface area contributed by atoms with Crippen molar-refractivity contribution in [1.29, 1.82) is 0 Å². The number of carbonyl (C=O) groups excluding carboxylic acids is 2. The topological polar surface area (TPSA) is 102 Å². The van der Waals surface area contributed by atoms with Crippen LogP contribution >= 0.6 is 11.8 Å². The highest BCUT2D eigenvalue weighted by Crippen LogP contribution is 2.14. The zero-order valence-electron chi connectivity index (χ0n) is 12.8. The van der Waals surface area contributed by atoms with Crippen LogP contribution < -0.4 is 5.32 Å². The highest BCUT2D eigenvalue weighted by Gasteiger charge is 2.20. The van der Waals surface area contributed by atoms with Crippen molar-refractivity contribution in [3.05, 3.63) is 0 Å². The molecule has 2 N–H and O–H groups in total. The first kappa shape index (κ1) is 19.6. The van der Waals surface area contributed by atoms with Crippen molar-refractivity contribution in [3.63, 3.8) is 0 Å². The summed E-state index contributed by atoms with van der Waals surface area (Å²) in [5, 5.41) is 10.7. The second-order valence-electron chi connectivity index (χ2n) is 4.75. The van der Waals surface area contributed by atoms with Gasteiger partial charge in [0, 0.05) is 19.9 Å². The zero-order valence-corrected chi connectivity index (χ0v) is 13.6. The van der Waals surface area contributed by atoms with Crippen LogP contribution in [0.5, 0.6) is 0 Å². The van der Waals surface area contributed by atoms with Crippen molar-refractivity contribution in [2.24, 2.45) is 5.92 Å². The molecule has 2 atom stereocenters. The first-order chi connectivity index (χ1) is 9.76. The zero-order chi connectivity index (χ0) is 16.4. The predicted molar refractivity (Wildman–Crippen MR) is 79.0 cm³/mol. The van der Waals surface area contributed by atoms with Gasteiger partial charge in [0.15, 0.2) is 0 Å². The number of thioether (sulfide) groups is 1. The maximum Gasteiger partial charge on any atom is 0.410 e. The largest absolute Gasteiger partial charge is 0.480 e. The Bertz CT molecular complexity index is 361. The molecule has 21 heavy (non-hydrogen) atoms. The molecular formula is C13H23NO6S. The third-order valence-corrected chi connectivity index (χ3v) is 3.83. The molecule has 0 spiro atoms. The number of alkyl carbamates (subject to hydrolysis) is 1. The monoisotopic (exact) mass is 321 g/mol. The number of rotatable bonds is 9. The van der Waals surface area contributed by atoms with Gasteiger partial charge in [0.25, 0.3) is 0 Å². The fraction of sp³-hybridized carbons (Fsp3) is 0.769. The number of esters is 1. The predicted octanol–water partition coefficient (Wildman–Crippen LogP) is 1.85. The minimum atomic E-state index is -1.01. The van der Waals surface area contributed by atoms with E-state index in [9.17, 15) is 14.4 Å². The molecule has 0 fully saturated rings. The molecule has 0 radical (unpaired) electrons. The number of amides is 1. The smallest absolute Gasteiger partial charge is 0.410 e. The van der Waals surface area contributed by atoms with E-state index in [1.54, 1.807) is 6.92 Å². The third-order valence-electron chi connectivity index (χ3n) is 2.20. The molecule has 0 aromatic carbocycles. The van der Waals surface area contributed by atoms with Crippen molar-refractivity contribution in [3.8, 4) is 0 Å². The van der Waals surface area contributed by atoms with Crippen LogP contribution in [-0.2, 0) is 19.1 Å². The lowest BCUT2D eigenvalue weighted by molar-refractivity contribution is -0.164. The summed E-state index contributed by atoms with van der Waals surface area (Å²) in [4.78, 5) is 33.5. The van der Waals surface area contributed by atoms with Crippen LogP contribution in [0.15, 0.2) is 0 Å². The van der Waals surface area contributed by atoms with E-state index >= 15 is 0 Å². The van der Waals surface area contributed by atoms with E-state index in [-0.39, 0.29) is 13.0 Å². The van der Waals surface area contributed by atoms with Gasteiger partial charge in [-0.1, -0.05) is 20.8 Å². The summed E-state index contributed by atoms with van der Waals surface area (Å²) in [6, 6.07) is 0. The van der Waals surface area contributed by atoms with Gasteiger partial charge in [0.2, 0.25) is 6.29 Å². The Morgan fingerprint density at radius 2 is 1.81 bits per heavy atom. The van der Waals surface area contributed by atoms with E-state index in [0.717, 1.165) is 0 Å². The minimum absolute atomic E-state index is 0.0556. The lowest BCUT2D eigenvalue weighted by atomic mass is 10.3. The van der Waals surface area contributed by atoms with Gasteiger partial charge in [-0.2, -0.15) is 0 Å². The third kappa shape index (κ3) is 10.0. The van der Waals surface area contributed by atoms with Crippen molar-refractivity contribution >= 4 is 29.8 Å². The molecule has 0 saturated carbocycles. The molecule has 0 aliphatic rings. The average molecular weight is 321 g/mol. The Labute approximate surface area is 128 Å². The van der Waals surface area contributed by atoms with E-state index in [1.165, 1.54) is 18.7 Å². The Morgan fingerprint density at radius 1 is 1.19 bits per heavy atom. The van der Waals surface area contributed by atoms with Crippen LogP contribution in [0, 0.1) is 5.92 Å². The number of carboxylic acid groups (broad SMARTS) is 1. The highest BCUT2D eigenvalue weighted by molar-refractivity contribution is 8.00. The summed E-state index contributed by atoms with van der Waals surface area (Å²) < 4.78 is 9.54. The van der Waals surface area contributed by atoms with Crippen molar-refractivity contribution in [2.75, 3.05) is 12.3 Å². The number of carbonyl (C=O) groups is 3. The van der Waals surface area contributed by atoms with Gasteiger partial charge in [-0.3, -0.25) is 9.59 Å². The highest BCUT2D eigenvalue weighted by atomic mass is 32.2. The summed E-state index contributed by atoms with van der Waals surface area (Å²) >= 11 is 1.26. The van der Waals surface area contributed by atoms with Crippen LogP contribution in [0.25, 0.3) is 0 Å². The molecule has 0 aromatic heterocycles. The Balaban J connectivity index is 4.12. The maximum absolute atomic E-state index is 11.5. The average Bonchev–Trinajstić information content (AvgIpc) is 2.37. The molecule has 0 heterocycles. The first-order valence-corrected chi connectivity index (χ1v) is 7.79. The molecule has 0 unspecified atom stereocenters. The SMILES string of the molecule is CCC(=O)O[C@H](C)OC(=O)NC[C@H](SCC(C)C)C(=O)O. The summed E-state index contributed by atoms with van der Waals surface area (Å²) in [7, 11) is 0. The number of hydrogen-bond donors (Lipinski definition) is 2. The Hall–Kier alpha value is -1.44. The maximum atomic E-state index is 11.5. The van der Waals surface area contributed by atoms with Crippen molar-refractivity contribution in [1.82, 2.24) is 5.32 Å². The van der Waals surface area contributed by atoms with E-state index < -0.39 is 29.6 Å². The van der Waals surface area contributed by atoms with Crippen LogP contribution in [0.3, 0.4) is 0 Å². The lowest BCUT2D eigenvalue weighted by Gasteiger charge is -2.16. The Kier molecular flexibility index (Phi) is 9.60. The van der Waals surface area contributed by atoms with Gasteiger partial charge in [-0.15, -0.1) is 11.8 Å². The molecule has 0 bridgehead atoms. The molecule has 7 nitrogen and oxygen atoms in total. The fourth-order valence-electron chi connectivity index (χ4n) is 1.19. The van der Waals surface area contributed by atoms with E-state index in [2.05, 4.69) is 5.32 Å². The van der Waals surface area contributed by atoms with E-state index in [1.807, 2.05) is 13.8 Å². The molecule has 8 heteroatoms. The van der Waals surface area contributed by atoms with Gasteiger partial charge < -0.3 is 19.9 Å². The number of aliphatic carboxylic acids is 1. The van der Waals surface area contributed by atoms with E-state index in [4.69, 9.17) is 14.6 Å². The molecular weight excluding hydrogens is 298 g/mol. The van der Waals surface area contributed by atoms with Crippen LogP contribution in [-0.4, -0.2) is 47.0 Å². The second kappa shape index (κ2) is 10.3. The molecule has 0 rings (SSSR count). The molecule has 122 valence electrons. The van der Waals surface area contributed by atoms with Crippen molar-refractivity contribution < 1.29 is 29.0 Å². The molecule has 0 aliphatic carbocycles. The lowest BCUT2D eigenvalue weighted by Crippen LogP contribution is -2.37. The van der Waals surface area contributed by atoms with Gasteiger partial charge >= 0.3 is 18.0 Å². The number of hydrogen-bond acceptors (Lipinski definition) is 6. The van der Waals surface area contributed by atoms with Crippen LogP contribution in [0.2, 0.25) is 0 Å². The fourth-order valence-corrected chi connectivity index (χ4v) is 2.15. The molecule has 1 amide bonds. The van der Waals surface area contributed by atoms with Crippen LogP contribution in [0.4, 0.5) is 4.79 Å². The standard InChI is InChI=1S/C13H23NO6S/c1-5-11(15)19-9(4)20-13(18)14-6-10(12(16)17)21-7-8(2)3/h8-10H,5-7H2,1-4H3,(H,14,18)(H,16,17)/t9-,10-/m0/s1. The van der Waals surface area contributed by atoms with E-state index in [0.29, 0.717) is 11.7 Å². The minimum Gasteiger partial charge on any atom is -0.480 e. The molecule has 0 aromatic rings. The molecule has 0 saturated heterocycles. The number of carboxylic acids is 1. The van der Waals surface area contributed by atoms with Crippen molar-refractivity contribution in [2.45, 2.75) is 45.7 Å². The van der Waals surface area contributed by atoms with Gasteiger partial charge in [-0.25, -0.2) is 4.79 Å². The summed E-state index contributed by atoms with van der Waals surface area (Å²) in [6.45, 7) is 6.95. The number of ether oxygens (including phenoxy) is 2.